The van der Waals surface area contributed by atoms with Crippen LogP contribution in [0.1, 0.15) is 49.2 Å². The predicted molar refractivity (Wildman–Crippen MR) is 124 cm³/mol. The van der Waals surface area contributed by atoms with E-state index in [0.717, 1.165) is 30.6 Å². The highest BCUT2D eigenvalue weighted by molar-refractivity contribution is 7.89. The predicted octanol–water partition coefficient (Wildman–Crippen LogP) is 4.38. The Morgan fingerprint density at radius 1 is 1.00 bits per heavy atom. The monoisotopic (exact) mass is 452 g/mol. The van der Waals surface area contributed by atoms with E-state index in [1.807, 2.05) is 51.1 Å². The Bertz CT molecular complexity index is 1190. The molecule has 168 valence electrons. The Balaban J connectivity index is 1.51. The molecule has 3 aromatic rings. The smallest absolute Gasteiger partial charge is 0.259 e. The van der Waals surface area contributed by atoms with Crippen LogP contribution in [0.15, 0.2) is 65.7 Å². The lowest BCUT2D eigenvalue weighted by molar-refractivity contribution is 0.102. The fourth-order valence-corrected chi connectivity index (χ4v) is 6.25. The number of anilines is 1. The minimum atomic E-state index is -3.58. The van der Waals surface area contributed by atoms with Crippen molar-refractivity contribution in [3.8, 4) is 5.69 Å². The third-order valence-corrected chi connectivity index (χ3v) is 8.20. The maximum atomic E-state index is 13.2. The van der Waals surface area contributed by atoms with E-state index in [1.165, 1.54) is 6.20 Å². The number of nitrogens with zero attached hydrogens (tertiary/aromatic N) is 3. The third kappa shape index (κ3) is 4.20. The molecular weight excluding hydrogens is 424 g/mol. The zero-order chi connectivity index (χ0) is 22.9. The van der Waals surface area contributed by atoms with Crippen LogP contribution in [0.4, 0.5) is 5.69 Å². The average molecular weight is 453 g/mol. The molecule has 0 aliphatic carbocycles. The summed E-state index contributed by atoms with van der Waals surface area (Å²) in [5, 5.41) is 7.17. The first-order chi connectivity index (χ1) is 15.3. The van der Waals surface area contributed by atoms with E-state index in [2.05, 4.69) is 10.4 Å². The van der Waals surface area contributed by atoms with Crippen LogP contribution in [0.2, 0.25) is 0 Å². The van der Waals surface area contributed by atoms with Gasteiger partial charge in [0.2, 0.25) is 10.0 Å². The lowest BCUT2D eigenvalue weighted by Gasteiger charge is -2.37. The number of aromatic nitrogens is 2. The first-order valence-electron chi connectivity index (χ1n) is 10.8. The second-order valence-electron chi connectivity index (χ2n) is 8.33. The van der Waals surface area contributed by atoms with Gasteiger partial charge in [-0.2, -0.15) is 9.40 Å². The maximum Gasteiger partial charge on any atom is 0.259 e. The molecule has 32 heavy (non-hydrogen) atoms. The molecule has 4 rings (SSSR count). The van der Waals surface area contributed by atoms with E-state index in [9.17, 15) is 13.2 Å². The molecule has 8 heteroatoms. The van der Waals surface area contributed by atoms with Crippen molar-refractivity contribution in [2.75, 3.05) is 5.32 Å². The van der Waals surface area contributed by atoms with Gasteiger partial charge in [-0.05, 0) is 70.0 Å². The molecule has 0 spiro atoms. The first kappa shape index (κ1) is 22.2. The van der Waals surface area contributed by atoms with Gasteiger partial charge in [0.25, 0.3) is 5.91 Å². The fraction of sp³-hybridized carbons (Fsp3) is 0.333. The number of hydrogen-bond donors (Lipinski definition) is 1. The van der Waals surface area contributed by atoms with Crippen LogP contribution in [0.5, 0.6) is 0 Å². The highest BCUT2D eigenvalue weighted by Crippen LogP contribution is 2.30. The van der Waals surface area contributed by atoms with Crippen molar-refractivity contribution in [1.82, 2.24) is 14.1 Å². The Kier molecular flexibility index (Phi) is 6.17. The fourth-order valence-electron chi connectivity index (χ4n) is 4.36. The molecule has 0 saturated carbocycles. The van der Waals surface area contributed by atoms with Gasteiger partial charge in [-0.25, -0.2) is 13.1 Å². The Morgan fingerprint density at radius 3 is 2.25 bits per heavy atom. The Morgan fingerprint density at radius 2 is 1.62 bits per heavy atom. The maximum absolute atomic E-state index is 13.2. The number of para-hydroxylation sites is 1. The molecule has 1 amide bonds. The van der Waals surface area contributed by atoms with Gasteiger partial charge >= 0.3 is 0 Å². The molecule has 1 fully saturated rings. The van der Waals surface area contributed by atoms with Crippen LogP contribution < -0.4 is 5.32 Å². The first-order valence-corrected chi connectivity index (χ1v) is 12.3. The molecule has 2 unspecified atom stereocenters. The van der Waals surface area contributed by atoms with E-state index in [1.54, 1.807) is 33.3 Å². The summed E-state index contributed by atoms with van der Waals surface area (Å²) in [6.07, 6.45) is 4.32. The minimum absolute atomic E-state index is 0.0211. The summed E-state index contributed by atoms with van der Waals surface area (Å²) in [7, 11) is -3.58. The summed E-state index contributed by atoms with van der Waals surface area (Å²) in [5.41, 5.74) is 2.59. The lowest BCUT2D eigenvalue weighted by Crippen LogP contribution is -2.47. The van der Waals surface area contributed by atoms with Gasteiger partial charge in [0.1, 0.15) is 0 Å². The van der Waals surface area contributed by atoms with Crippen molar-refractivity contribution < 1.29 is 13.2 Å². The number of rotatable bonds is 5. The molecule has 7 nitrogen and oxygen atoms in total. The van der Waals surface area contributed by atoms with Gasteiger partial charge in [0, 0.05) is 17.8 Å². The van der Waals surface area contributed by atoms with Crippen LogP contribution >= 0.6 is 0 Å². The van der Waals surface area contributed by atoms with Crippen LogP contribution in [0.3, 0.4) is 0 Å². The van der Waals surface area contributed by atoms with Gasteiger partial charge in [-0.1, -0.05) is 24.6 Å². The number of carbonyl (C=O) groups excluding carboxylic acids is 1. The van der Waals surface area contributed by atoms with Crippen molar-refractivity contribution in [2.45, 2.75) is 57.0 Å². The number of benzene rings is 2. The van der Waals surface area contributed by atoms with E-state index < -0.39 is 10.0 Å². The zero-order valence-corrected chi connectivity index (χ0v) is 19.3. The largest absolute Gasteiger partial charge is 0.322 e. The van der Waals surface area contributed by atoms with Crippen molar-refractivity contribution in [2.24, 2.45) is 0 Å². The van der Waals surface area contributed by atoms with E-state index >= 15 is 0 Å². The summed E-state index contributed by atoms with van der Waals surface area (Å²) in [4.78, 5) is 13.0. The molecule has 1 aliphatic heterocycles. The van der Waals surface area contributed by atoms with E-state index in [-0.39, 0.29) is 22.9 Å². The highest BCUT2D eigenvalue weighted by Gasteiger charge is 2.35. The number of amides is 1. The van der Waals surface area contributed by atoms with E-state index in [0.29, 0.717) is 11.3 Å². The SMILES string of the molecule is Cc1c(C(=O)Nc2ccc(S(=O)(=O)N3C(C)CCCC3C)cc2)cnn1-c1ccccc1. The topological polar surface area (TPSA) is 84.3 Å². The normalized spacial score (nSPS) is 19.6. The van der Waals surface area contributed by atoms with Crippen LogP contribution in [0.25, 0.3) is 5.69 Å². The molecule has 1 aliphatic rings. The molecule has 0 bridgehead atoms. The van der Waals surface area contributed by atoms with Gasteiger partial charge in [0.05, 0.1) is 28.0 Å². The molecule has 1 aromatic heterocycles. The second kappa shape index (κ2) is 8.88. The summed E-state index contributed by atoms with van der Waals surface area (Å²) < 4.78 is 29.7. The lowest BCUT2D eigenvalue weighted by atomic mass is 10.0. The van der Waals surface area contributed by atoms with Gasteiger partial charge < -0.3 is 5.32 Å². The van der Waals surface area contributed by atoms with Gasteiger partial charge in [-0.15, -0.1) is 0 Å². The van der Waals surface area contributed by atoms with Crippen molar-refractivity contribution in [3.05, 3.63) is 72.1 Å². The van der Waals surface area contributed by atoms with Crippen LogP contribution in [-0.4, -0.2) is 40.5 Å². The second-order valence-corrected chi connectivity index (χ2v) is 10.2. The number of hydrogen-bond acceptors (Lipinski definition) is 4. The summed E-state index contributed by atoms with van der Waals surface area (Å²) in [6.45, 7) is 5.75. The van der Waals surface area contributed by atoms with E-state index in [4.69, 9.17) is 0 Å². The average Bonchev–Trinajstić information content (AvgIpc) is 3.16. The quantitative estimate of drug-likeness (QED) is 0.622. The number of nitrogens with one attached hydrogen (secondary N) is 1. The van der Waals surface area contributed by atoms with Crippen LogP contribution in [0, 0.1) is 6.92 Å². The third-order valence-electron chi connectivity index (χ3n) is 6.06. The van der Waals surface area contributed by atoms with Crippen molar-refractivity contribution in [1.29, 1.82) is 0 Å². The molecule has 1 saturated heterocycles. The minimum Gasteiger partial charge on any atom is -0.322 e. The van der Waals surface area contributed by atoms with Gasteiger partial charge in [0.15, 0.2) is 0 Å². The molecule has 2 heterocycles. The molecule has 2 aromatic carbocycles. The van der Waals surface area contributed by atoms with Crippen molar-refractivity contribution in [3.63, 3.8) is 0 Å². The standard InChI is InChI=1S/C24H28N4O3S/c1-17-8-7-9-18(2)28(17)32(30,31)22-14-12-20(13-15-22)26-24(29)23-16-25-27(19(23)3)21-10-5-4-6-11-21/h4-6,10-18H,7-9H2,1-3H3,(H,26,29). The van der Waals surface area contributed by atoms with Crippen molar-refractivity contribution >= 4 is 21.6 Å². The van der Waals surface area contributed by atoms with Gasteiger partial charge in [-0.3, -0.25) is 4.79 Å². The Hall–Kier alpha value is -2.97. The highest BCUT2D eigenvalue weighted by atomic mass is 32.2. The molecule has 1 N–H and O–H groups in total. The number of piperidine rings is 1. The summed E-state index contributed by atoms with van der Waals surface area (Å²) >= 11 is 0. The Labute approximate surface area is 189 Å². The zero-order valence-electron chi connectivity index (χ0n) is 18.5. The summed E-state index contributed by atoms with van der Waals surface area (Å²) in [5.74, 6) is -0.293. The molecular formula is C24H28N4O3S. The summed E-state index contributed by atoms with van der Waals surface area (Å²) in [6, 6.07) is 15.9. The number of carbonyl (C=O) groups is 1. The molecule has 0 radical (unpaired) electrons. The van der Waals surface area contributed by atoms with Crippen LogP contribution in [-0.2, 0) is 10.0 Å². The number of sulfonamides is 1. The molecule has 2 atom stereocenters.